The maximum absolute atomic E-state index is 13.3. The molecule has 144 valence electrons. The number of amides is 2. The van der Waals surface area contributed by atoms with E-state index >= 15 is 0 Å². The molecule has 0 fully saturated rings. The third-order valence-electron chi connectivity index (χ3n) is 4.30. The van der Waals surface area contributed by atoms with Crippen LogP contribution in [0.15, 0.2) is 36.4 Å². The van der Waals surface area contributed by atoms with Crippen LogP contribution in [0.3, 0.4) is 0 Å². The summed E-state index contributed by atoms with van der Waals surface area (Å²) in [6, 6.07) is 8.68. The van der Waals surface area contributed by atoms with Crippen molar-refractivity contribution in [2.45, 2.75) is 13.2 Å². The number of nitrogens with zero attached hydrogens (tertiary/aromatic N) is 1. The number of imide groups is 1. The quantitative estimate of drug-likeness (QED) is 0.554. The fourth-order valence-corrected chi connectivity index (χ4v) is 3.39. The molecule has 2 aromatic carbocycles. The van der Waals surface area contributed by atoms with E-state index in [1.807, 2.05) is 0 Å². The molecule has 2 aromatic rings. The van der Waals surface area contributed by atoms with E-state index in [1.165, 1.54) is 38.3 Å². The smallest absolute Gasteiger partial charge is 0.495 e. The van der Waals surface area contributed by atoms with Crippen molar-refractivity contribution in [1.82, 2.24) is 0 Å². The van der Waals surface area contributed by atoms with Crippen LogP contribution in [0.1, 0.15) is 18.1 Å². The summed E-state index contributed by atoms with van der Waals surface area (Å²) >= 11 is 6.01. The molecule has 0 spiro atoms. The minimum absolute atomic E-state index is 0.0962. The Bertz CT molecular complexity index is 1070. The van der Waals surface area contributed by atoms with Crippen molar-refractivity contribution in [3.8, 4) is 11.5 Å². The Morgan fingerprint density at radius 3 is 2.54 bits per heavy atom. The number of hydrogen-bond donors (Lipinski definition) is 0. The molecule has 0 N–H and O–H groups in total. The van der Waals surface area contributed by atoms with Crippen molar-refractivity contribution in [3.63, 3.8) is 0 Å². The number of rotatable bonds is 2. The number of methoxy groups -OCH3 is 1. The van der Waals surface area contributed by atoms with Gasteiger partial charge in [-0.05, 0) is 30.3 Å². The van der Waals surface area contributed by atoms with Crippen LogP contribution in [0.5, 0.6) is 11.5 Å². The molecule has 2 heterocycles. The molecule has 0 aliphatic carbocycles. The van der Waals surface area contributed by atoms with Crippen LogP contribution in [0.4, 0.5) is 14.5 Å². The van der Waals surface area contributed by atoms with Crippen LogP contribution in [0.2, 0.25) is 5.02 Å². The molecule has 0 aromatic heterocycles. The number of anilines is 1. The van der Waals surface area contributed by atoms with Crippen molar-refractivity contribution >= 4 is 40.4 Å². The van der Waals surface area contributed by atoms with Gasteiger partial charge in [-0.3, -0.25) is 9.59 Å². The third kappa shape index (κ3) is 2.77. The highest BCUT2D eigenvalue weighted by atomic mass is 35.5. The zero-order chi connectivity index (χ0) is 20.2. The van der Waals surface area contributed by atoms with Gasteiger partial charge in [0, 0.05) is 23.1 Å². The average molecular weight is 408 g/mol. The van der Waals surface area contributed by atoms with E-state index in [9.17, 15) is 18.4 Å². The van der Waals surface area contributed by atoms with E-state index in [-0.39, 0.29) is 22.8 Å². The number of fused-ring (bicyclic) bond motifs is 2. The van der Waals surface area contributed by atoms with Crippen molar-refractivity contribution in [2.24, 2.45) is 0 Å². The molecule has 0 saturated carbocycles. The Morgan fingerprint density at radius 1 is 1.14 bits per heavy atom. The van der Waals surface area contributed by atoms with Crippen molar-refractivity contribution < 1.29 is 32.6 Å². The Balaban J connectivity index is 1.90. The van der Waals surface area contributed by atoms with Gasteiger partial charge in [0.05, 0.1) is 18.4 Å². The average Bonchev–Trinajstić information content (AvgIpc) is 3.07. The van der Waals surface area contributed by atoms with Gasteiger partial charge in [0.1, 0.15) is 5.76 Å². The molecule has 2 aliphatic heterocycles. The fraction of sp³-hybridized carbons (Fsp3) is 0.158. The second-order valence-corrected chi connectivity index (χ2v) is 6.49. The first kappa shape index (κ1) is 18.2. The summed E-state index contributed by atoms with van der Waals surface area (Å²) in [4.78, 5) is 26.0. The number of benzene rings is 2. The second-order valence-electron chi connectivity index (χ2n) is 6.06. The van der Waals surface area contributed by atoms with E-state index in [0.29, 0.717) is 21.8 Å². The topological polar surface area (TPSA) is 65.1 Å². The molecule has 28 heavy (non-hydrogen) atoms. The Labute approximate surface area is 162 Å². The summed E-state index contributed by atoms with van der Waals surface area (Å²) < 4.78 is 40.8. The third-order valence-corrected chi connectivity index (χ3v) is 4.53. The molecular weight excluding hydrogens is 396 g/mol. The van der Waals surface area contributed by atoms with E-state index in [2.05, 4.69) is 9.47 Å². The van der Waals surface area contributed by atoms with Crippen LogP contribution < -0.4 is 14.4 Å². The molecule has 2 aliphatic rings. The molecule has 0 unspecified atom stereocenters. The number of ether oxygens (including phenoxy) is 3. The van der Waals surface area contributed by atoms with E-state index in [0.717, 1.165) is 4.90 Å². The van der Waals surface area contributed by atoms with E-state index < -0.39 is 18.1 Å². The molecule has 0 radical (unpaired) electrons. The Kier molecular flexibility index (Phi) is 4.04. The number of halogens is 3. The highest BCUT2D eigenvalue weighted by Gasteiger charge is 2.44. The summed E-state index contributed by atoms with van der Waals surface area (Å²) in [5.41, 5.74) is 1.17. The lowest BCUT2D eigenvalue weighted by molar-refractivity contribution is -0.286. The van der Waals surface area contributed by atoms with Gasteiger partial charge >= 0.3 is 6.29 Å². The lowest BCUT2D eigenvalue weighted by Gasteiger charge is -2.13. The highest BCUT2D eigenvalue weighted by Crippen LogP contribution is 2.45. The molecule has 6 nitrogen and oxygen atoms in total. The minimum atomic E-state index is -3.76. The van der Waals surface area contributed by atoms with Gasteiger partial charge in [-0.1, -0.05) is 17.7 Å². The largest absolute Gasteiger partial charge is 0.586 e. The van der Waals surface area contributed by atoms with Crippen LogP contribution in [0.25, 0.3) is 11.3 Å². The van der Waals surface area contributed by atoms with Crippen molar-refractivity contribution in [3.05, 3.63) is 52.5 Å². The zero-order valence-corrected chi connectivity index (χ0v) is 15.3. The normalized spacial score (nSPS) is 18.2. The van der Waals surface area contributed by atoms with Gasteiger partial charge in [0.15, 0.2) is 11.5 Å². The maximum atomic E-state index is 13.3. The molecule has 0 bridgehead atoms. The monoisotopic (exact) mass is 407 g/mol. The van der Waals surface area contributed by atoms with Gasteiger partial charge in [0.25, 0.3) is 5.91 Å². The highest BCUT2D eigenvalue weighted by molar-refractivity contribution is 6.43. The molecule has 9 heteroatoms. The Hall–Kier alpha value is -3.13. The first-order valence-electron chi connectivity index (χ1n) is 8.05. The van der Waals surface area contributed by atoms with Gasteiger partial charge < -0.3 is 14.2 Å². The summed E-state index contributed by atoms with van der Waals surface area (Å²) in [6.07, 6.45) is -3.76. The number of carbonyl (C=O) groups excluding carboxylic acids is 2. The Morgan fingerprint density at radius 2 is 1.86 bits per heavy atom. The van der Waals surface area contributed by atoms with E-state index in [4.69, 9.17) is 16.3 Å². The number of alkyl halides is 2. The second kappa shape index (κ2) is 6.20. The van der Waals surface area contributed by atoms with Crippen LogP contribution >= 0.6 is 11.6 Å². The lowest BCUT2D eigenvalue weighted by Crippen LogP contribution is -2.31. The van der Waals surface area contributed by atoms with Gasteiger partial charge in [-0.2, -0.15) is 0 Å². The lowest BCUT2D eigenvalue weighted by atomic mass is 10.0. The SMILES string of the molecule is COC(=C1C(=O)N(C(C)=O)c2cc(Cl)ccc21)c1ccc2c(c1)OC(F)(F)O2. The van der Waals surface area contributed by atoms with E-state index in [1.54, 1.807) is 12.1 Å². The first-order valence-corrected chi connectivity index (χ1v) is 8.43. The zero-order valence-electron chi connectivity index (χ0n) is 14.6. The molecular formula is C19H12ClF2NO5. The fourth-order valence-electron chi connectivity index (χ4n) is 3.22. The molecule has 2 amide bonds. The van der Waals surface area contributed by atoms with Crippen molar-refractivity contribution in [1.29, 1.82) is 0 Å². The first-order chi connectivity index (χ1) is 13.2. The molecule has 0 atom stereocenters. The number of carbonyl (C=O) groups is 2. The molecule has 4 rings (SSSR count). The van der Waals surface area contributed by atoms with Crippen molar-refractivity contribution in [2.75, 3.05) is 12.0 Å². The predicted molar refractivity (Wildman–Crippen MR) is 96.1 cm³/mol. The van der Waals surface area contributed by atoms with Crippen LogP contribution in [0, 0.1) is 0 Å². The van der Waals surface area contributed by atoms with Crippen LogP contribution in [-0.2, 0) is 14.3 Å². The minimum Gasteiger partial charge on any atom is -0.495 e. The summed E-state index contributed by atoms with van der Waals surface area (Å²) in [6.45, 7) is 1.25. The molecule has 0 saturated heterocycles. The summed E-state index contributed by atoms with van der Waals surface area (Å²) in [5, 5.41) is 0.350. The van der Waals surface area contributed by atoms with Gasteiger partial charge in [0.2, 0.25) is 5.91 Å². The predicted octanol–water partition coefficient (Wildman–Crippen LogP) is 4.07. The number of hydrogen-bond acceptors (Lipinski definition) is 5. The van der Waals surface area contributed by atoms with Gasteiger partial charge in [-0.25, -0.2) is 4.90 Å². The van der Waals surface area contributed by atoms with Crippen LogP contribution in [-0.4, -0.2) is 25.2 Å². The maximum Gasteiger partial charge on any atom is 0.586 e. The standard InChI is InChI=1S/C19H12ClF2NO5/c1-9(24)23-13-8-11(20)4-5-12(13)16(18(23)25)17(26-2)10-3-6-14-15(7-10)28-19(21,22)27-14/h3-8H,1-2H3. The summed E-state index contributed by atoms with van der Waals surface area (Å²) in [5.74, 6) is -1.33. The summed E-state index contributed by atoms with van der Waals surface area (Å²) in [7, 11) is 1.33. The van der Waals surface area contributed by atoms with Gasteiger partial charge in [-0.15, -0.1) is 8.78 Å².